The molecule has 0 unspecified atom stereocenters. The molecular weight excluding hydrogens is 469 g/mol. The molecule has 0 aliphatic heterocycles. The summed E-state index contributed by atoms with van der Waals surface area (Å²) in [7, 11) is 0. The first-order valence-electron chi connectivity index (χ1n) is 9.70. The fraction of sp³-hybridized carbons (Fsp3) is 0.0909. The van der Waals surface area contributed by atoms with E-state index in [2.05, 4.69) is 20.6 Å². The second kappa shape index (κ2) is 8.38. The molecule has 32 heavy (non-hydrogen) atoms. The van der Waals surface area contributed by atoms with Gasteiger partial charge >= 0.3 is 0 Å². The van der Waals surface area contributed by atoms with Gasteiger partial charge in [-0.3, -0.25) is 4.79 Å². The molecule has 0 saturated carbocycles. The molecule has 160 valence electrons. The lowest BCUT2D eigenvalue weighted by atomic mass is 10.2. The Morgan fingerprint density at radius 1 is 1.12 bits per heavy atom. The number of aromatic nitrogens is 4. The molecule has 5 rings (SSSR count). The first-order chi connectivity index (χ1) is 15.5. The number of anilines is 1. The number of rotatable bonds is 5. The Hall–Kier alpha value is -3.20. The largest absolute Gasteiger partial charge is 0.451 e. The first-order valence-corrected chi connectivity index (χ1v) is 11.3. The Kier molecular flexibility index (Phi) is 5.42. The van der Waals surface area contributed by atoms with Crippen LogP contribution in [0.3, 0.4) is 0 Å². The van der Waals surface area contributed by atoms with E-state index in [1.165, 1.54) is 11.3 Å². The summed E-state index contributed by atoms with van der Waals surface area (Å²) in [6, 6.07) is 15.8. The summed E-state index contributed by atoms with van der Waals surface area (Å²) < 4.78 is 7.47. The van der Waals surface area contributed by atoms with E-state index in [-0.39, 0.29) is 11.7 Å². The van der Waals surface area contributed by atoms with Gasteiger partial charge in [-0.1, -0.05) is 53.6 Å². The van der Waals surface area contributed by atoms with Crippen molar-refractivity contribution in [3.05, 3.63) is 76.2 Å². The molecule has 5 aromatic rings. The average Bonchev–Trinajstić information content (AvgIpc) is 3.51. The van der Waals surface area contributed by atoms with E-state index in [9.17, 15) is 4.79 Å². The fourth-order valence-corrected chi connectivity index (χ4v) is 4.45. The van der Waals surface area contributed by atoms with Gasteiger partial charge in [0.15, 0.2) is 11.6 Å². The van der Waals surface area contributed by atoms with Crippen LogP contribution in [0.1, 0.15) is 23.3 Å². The second-order valence-electron chi connectivity index (χ2n) is 6.89. The third-order valence-corrected chi connectivity index (χ3v) is 6.28. The topological polar surface area (TPSA) is 85.3 Å². The lowest BCUT2D eigenvalue weighted by Crippen LogP contribution is -2.10. The maximum Gasteiger partial charge on any atom is 0.291 e. The number of furan rings is 1. The van der Waals surface area contributed by atoms with Crippen molar-refractivity contribution in [2.75, 3.05) is 5.32 Å². The van der Waals surface area contributed by atoms with Gasteiger partial charge in [-0.25, -0.2) is 0 Å². The van der Waals surface area contributed by atoms with E-state index in [0.717, 1.165) is 27.8 Å². The van der Waals surface area contributed by atoms with Crippen LogP contribution < -0.4 is 5.32 Å². The normalized spacial score (nSPS) is 11.2. The van der Waals surface area contributed by atoms with Crippen LogP contribution in [0.15, 0.2) is 59.0 Å². The molecule has 3 aromatic heterocycles. The molecule has 2 aromatic carbocycles. The van der Waals surface area contributed by atoms with Gasteiger partial charge in [0.1, 0.15) is 10.8 Å². The molecule has 0 spiro atoms. The number of halogens is 2. The summed E-state index contributed by atoms with van der Waals surface area (Å²) >= 11 is 13.7. The highest BCUT2D eigenvalue weighted by molar-refractivity contribution is 7.19. The average molecular weight is 484 g/mol. The van der Waals surface area contributed by atoms with Crippen molar-refractivity contribution < 1.29 is 9.21 Å². The highest BCUT2D eigenvalue weighted by Crippen LogP contribution is 2.32. The number of fused-ring (bicyclic) bond motifs is 1. The van der Waals surface area contributed by atoms with Gasteiger partial charge in [-0.2, -0.15) is 9.61 Å². The quantitative estimate of drug-likeness (QED) is 0.320. The minimum atomic E-state index is -0.377. The van der Waals surface area contributed by atoms with Crippen molar-refractivity contribution in [1.82, 2.24) is 19.8 Å². The van der Waals surface area contributed by atoms with Crippen LogP contribution in [-0.4, -0.2) is 25.7 Å². The molecule has 0 aliphatic rings. The summed E-state index contributed by atoms with van der Waals surface area (Å²) in [5, 5.41) is 17.5. The van der Waals surface area contributed by atoms with Crippen LogP contribution in [0.5, 0.6) is 0 Å². The van der Waals surface area contributed by atoms with E-state index in [0.29, 0.717) is 27.1 Å². The van der Waals surface area contributed by atoms with Crippen molar-refractivity contribution in [3.8, 4) is 21.9 Å². The molecule has 3 heterocycles. The van der Waals surface area contributed by atoms with Crippen LogP contribution >= 0.6 is 34.5 Å². The number of hydrogen-bond donors (Lipinski definition) is 1. The molecule has 0 atom stereocenters. The van der Waals surface area contributed by atoms with Gasteiger partial charge < -0.3 is 9.73 Å². The van der Waals surface area contributed by atoms with Gasteiger partial charge in [0.2, 0.25) is 4.96 Å². The number of nitrogens with one attached hydrogen (secondary N) is 1. The van der Waals surface area contributed by atoms with E-state index in [1.54, 1.807) is 40.9 Å². The van der Waals surface area contributed by atoms with E-state index in [1.807, 2.05) is 25.1 Å². The number of aryl methyl sites for hydroxylation is 1. The Labute approximate surface area is 196 Å². The zero-order valence-electron chi connectivity index (χ0n) is 16.7. The first kappa shape index (κ1) is 20.7. The van der Waals surface area contributed by atoms with Gasteiger partial charge in [0.05, 0.1) is 5.02 Å². The van der Waals surface area contributed by atoms with Crippen LogP contribution in [-0.2, 0) is 6.42 Å². The van der Waals surface area contributed by atoms with Gasteiger partial charge in [-0.15, -0.1) is 10.2 Å². The molecule has 1 amide bonds. The number of carbonyl (C=O) groups is 1. The molecule has 7 nitrogen and oxygen atoms in total. The minimum Gasteiger partial charge on any atom is -0.451 e. The maximum atomic E-state index is 12.7. The minimum absolute atomic E-state index is 0.160. The summed E-state index contributed by atoms with van der Waals surface area (Å²) in [6.07, 6.45) is 0.742. The maximum absolute atomic E-state index is 12.7. The molecule has 0 radical (unpaired) electrons. The van der Waals surface area contributed by atoms with Crippen LogP contribution in [0.25, 0.3) is 26.9 Å². The van der Waals surface area contributed by atoms with Crippen LogP contribution in [0.4, 0.5) is 5.69 Å². The van der Waals surface area contributed by atoms with Gasteiger partial charge in [0, 0.05) is 28.3 Å². The zero-order valence-corrected chi connectivity index (χ0v) is 19.0. The van der Waals surface area contributed by atoms with Crippen molar-refractivity contribution in [2.24, 2.45) is 0 Å². The van der Waals surface area contributed by atoms with Crippen LogP contribution in [0, 0.1) is 0 Å². The summed E-state index contributed by atoms with van der Waals surface area (Å²) in [5.74, 6) is 1.05. The number of hydrogen-bond acceptors (Lipinski definition) is 6. The van der Waals surface area contributed by atoms with Gasteiger partial charge in [0.25, 0.3) is 5.91 Å². The standard InChI is InChI=1S/C22H15Cl2N5O2S/c1-2-19-26-27-22-29(19)28-21(32-22)12-4-3-5-14(10-12)25-20(30)18-9-8-17(31-18)15-11-13(23)6-7-16(15)24/h3-11H,2H2,1H3,(H,25,30). The smallest absolute Gasteiger partial charge is 0.291 e. The Bertz CT molecular complexity index is 1460. The van der Waals surface area contributed by atoms with E-state index < -0.39 is 0 Å². The van der Waals surface area contributed by atoms with Crippen molar-refractivity contribution in [1.29, 1.82) is 0 Å². The third kappa shape index (κ3) is 3.88. The summed E-state index contributed by atoms with van der Waals surface area (Å²) in [5.41, 5.74) is 2.11. The Morgan fingerprint density at radius 3 is 2.84 bits per heavy atom. The van der Waals surface area contributed by atoms with Crippen molar-refractivity contribution in [3.63, 3.8) is 0 Å². The van der Waals surface area contributed by atoms with Crippen molar-refractivity contribution in [2.45, 2.75) is 13.3 Å². The molecule has 0 saturated heterocycles. The summed E-state index contributed by atoms with van der Waals surface area (Å²) in [4.78, 5) is 13.5. The molecular formula is C22H15Cl2N5O2S. The second-order valence-corrected chi connectivity index (χ2v) is 8.69. The molecule has 0 fully saturated rings. The van der Waals surface area contributed by atoms with Crippen molar-refractivity contribution >= 4 is 51.1 Å². The fourth-order valence-electron chi connectivity index (χ4n) is 3.21. The Morgan fingerprint density at radius 2 is 2.00 bits per heavy atom. The Balaban J connectivity index is 1.37. The highest BCUT2D eigenvalue weighted by atomic mass is 35.5. The third-order valence-electron chi connectivity index (χ3n) is 4.76. The number of amides is 1. The van der Waals surface area contributed by atoms with Crippen LogP contribution in [0.2, 0.25) is 10.0 Å². The van der Waals surface area contributed by atoms with E-state index in [4.69, 9.17) is 27.6 Å². The summed E-state index contributed by atoms with van der Waals surface area (Å²) in [6.45, 7) is 2.01. The monoisotopic (exact) mass is 483 g/mol. The highest BCUT2D eigenvalue weighted by Gasteiger charge is 2.16. The molecule has 1 N–H and O–H groups in total. The lowest BCUT2D eigenvalue weighted by molar-refractivity contribution is 0.0997. The predicted octanol–water partition coefficient (Wildman–Crippen LogP) is 6.23. The number of benzene rings is 2. The lowest BCUT2D eigenvalue weighted by Gasteiger charge is -2.05. The molecule has 0 aliphatic carbocycles. The SMILES string of the molecule is CCc1nnc2sc(-c3cccc(NC(=O)c4ccc(-c5cc(Cl)ccc5Cl)o4)c3)nn12. The number of nitrogens with zero attached hydrogens (tertiary/aromatic N) is 4. The zero-order chi connectivity index (χ0) is 22.2. The molecule has 0 bridgehead atoms. The van der Waals surface area contributed by atoms with E-state index >= 15 is 0 Å². The molecule has 10 heteroatoms. The number of carbonyl (C=O) groups excluding carboxylic acids is 1. The predicted molar refractivity (Wildman–Crippen MR) is 126 cm³/mol. The van der Waals surface area contributed by atoms with Gasteiger partial charge in [-0.05, 0) is 42.5 Å².